The van der Waals surface area contributed by atoms with E-state index in [1.807, 2.05) is 0 Å². The van der Waals surface area contributed by atoms with Crippen molar-refractivity contribution in [2.75, 3.05) is 0 Å². The van der Waals surface area contributed by atoms with Crippen LogP contribution in [-0.4, -0.2) is 30.9 Å². The predicted octanol–water partition coefficient (Wildman–Crippen LogP) is 1.20. The second-order valence-electron chi connectivity index (χ2n) is 4.85. The second kappa shape index (κ2) is 4.89. The van der Waals surface area contributed by atoms with Crippen LogP contribution < -0.4 is 5.32 Å². The lowest BCUT2D eigenvalue weighted by molar-refractivity contribution is -0.391. The van der Waals surface area contributed by atoms with E-state index in [1.165, 1.54) is 18.2 Å². The molecule has 8 nitrogen and oxygen atoms in total. The molecule has 0 amide bonds. The number of hydrogen-bond acceptors (Lipinski definition) is 5. The molecule has 0 saturated heterocycles. The lowest BCUT2D eigenvalue weighted by Gasteiger charge is -2.19. The van der Waals surface area contributed by atoms with E-state index in [1.54, 1.807) is 24.4 Å². The van der Waals surface area contributed by atoms with Gasteiger partial charge in [0.1, 0.15) is 5.54 Å². The zero-order valence-corrected chi connectivity index (χ0v) is 11.0. The molecule has 2 aromatic heterocycles. The number of hydrogen-bond donors (Lipinski definition) is 2. The van der Waals surface area contributed by atoms with Crippen LogP contribution >= 0.6 is 0 Å². The topological polar surface area (TPSA) is 110 Å². The Kier molecular flexibility index (Phi) is 3.41. The molecular formula is C12H14N4O4. The minimum atomic E-state index is -1.19. The van der Waals surface area contributed by atoms with Gasteiger partial charge in [0, 0.05) is 12.6 Å². The summed E-state index contributed by atoms with van der Waals surface area (Å²) in [6.45, 7) is 2.96. The van der Waals surface area contributed by atoms with Crippen molar-refractivity contribution in [1.29, 1.82) is 0 Å². The van der Waals surface area contributed by atoms with Gasteiger partial charge in [-0.3, -0.25) is 10.1 Å². The quantitative estimate of drug-likeness (QED) is 0.628. The summed E-state index contributed by atoms with van der Waals surface area (Å²) >= 11 is 0. The molecule has 0 bridgehead atoms. The molecule has 2 heterocycles. The molecule has 20 heavy (non-hydrogen) atoms. The van der Waals surface area contributed by atoms with Gasteiger partial charge in [0.25, 0.3) is 0 Å². The number of carboxylic acids is 1. The van der Waals surface area contributed by atoms with Crippen molar-refractivity contribution in [2.45, 2.75) is 25.9 Å². The van der Waals surface area contributed by atoms with Crippen LogP contribution in [0.4, 0.5) is 5.82 Å². The molecule has 0 unspecified atom stereocenters. The average molecular weight is 278 g/mol. The Morgan fingerprint density at radius 1 is 1.55 bits per heavy atom. The molecule has 0 aliphatic heterocycles. The molecule has 0 aliphatic carbocycles. The summed E-state index contributed by atoms with van der Waals surface area (Å²) in [5, 5.41) is 22.9. The average Bonchev–Trinajstić information content (AvgIpc) is 2.74. The van der Waals surface area contributed by atoms with Gasteiger partial charge in [-0.1, -0.05) is 6.07 Å². The zero-order valence-electron chi connectivity index (χ0n) is 11.0. The molecule has 106 valence electrons. The number of carboxylic acid groups (broad SMARTS) is 1. The van der Waals surface area contributed by atoms with Gasteiger partial charge in [0.05, 0.1) is 6.20 Å². The molecule has 0 fully saturated rings. The first-order chi connectivity index (χ1) is 9.33. The van der Waals surface area contributed by atoms with Gasteiger partial charge in [-0.2, -0.15) is 4.40 Å². The number of pyridine rings is 1. The van der Waals surface area contributed by atoms with Crippen molar-refractivity contribution in [3.63, 3.8) is 0 Å². The van der Waals surface area contributed by atoms with E-state index in [4.69, 9.17) is 5.11 Å². The molecule has 0 spiro atoms. The van der Waals surface area contributed by atoms with E-state index in [0.717, 1.165) is 0 Å². The minimum Gasteiger partial charge on any atom is -0.480 e. The number of fused-ring (bicyclic) bond motifs is 1. The first-order valence-electron chi connectivity index (χ1n) is 5.91. The maximum atomic E-state index is 11.2. The van der Waals surface area contributed by atoms with E-state index in [9.17, 15) is 14.9 Å². The van der Waals surface area contributed by atoms with Gasteiger partial charge in [-0.15, -0.1) is 0 Å². The van der Waals surface area contributed by atoms with Crippen LogP contribution in [-0.2, 0) is 11.3 Å². The van der Waals surface area contributed by atoms with Crippen LogP contribution in [0.5, 0.6) is 0 Å². The lowest BCUT2D eigenvalue weighted by Crippen LogP contribution is -2.46. The predicted molar refractivity (Wildman–Crippen MR) is 70.4 cm³/mol. The van der Waals surface area contributed by atoms with Crippen LogP contribution in [0.15, 0.2) is 24.4 Å². The van der Waals surface area contributed by atoms with Crippen molar-refractivity contribution in [3.05, 3.63) is 40.2 Å². The molecule has 8 heteroatoms. The van der Waals surface area contributed by atoms with E-state index in [0.29, 0.717) is 5.65 Å². The molecule has 0 saturated carbocycles. The summed E-state index contributed by atoms with van der Waals surface area (Å²) < 4.78 is 1.37. The van der Waals surface area contributed by atoms with E-state index < -0.39 is 16.4 Å². The summed E-state index contributed by atoms with van der Waals surface area (Å²) in [6.07, 6.45) is 1.55. The molecule has 2 aromatic rings. The van der Waals surface area contributed by atoms with E-state index in [2.05, 4.69) is 10.3 Å². The van der Waals surface area contributed by atoms with Crippen LogP contribution in [0.2, 0.25) is 0 Å². The van der Waals surface area contributed by atoms with E-state index in [-0.39, 0.29) is 18.1 Å². The number of nitrogens with zero attached hydrogens (tertiary/aromatic N) is 3. The fourth-order valence-electron chi connectivity index (χ4n) is 1.72. The monoisotopic (exact) mass is 278 g/mol. The van der Waals surface area contributed by atoms with Crippen LogP contribution in [0.1, 0.15) is 19.5 Å². The van der Waals surface area contributed by atoms with Gasteiger partial charge in [0.2, 0.25) is 5.65 Å². The Balaban J connectivity index is 2.37. The van der Waals surface area contributed by atoms with Gasteiger partial charge in [-0.05, 0) is 24.8 Å². The maximum absolute atomic E-state index is 11.2. The smallest absolute Gasteiger partial charge is 0.352 e. The number of nitro groups is 1. The lowest BCUT2D eigenvalue weighted by atomic mass is 10.1. The van der Waals surface area contributed by atoms with Crippen molar-refractivity contribution in [2.24, 2.45) is 0 Å². The molecule has 0 radical (unpaired) electrons. The molecule has 2 rings (SSSR count). The molecular weight excluding hydrogens is 264 g/mol. The Morgan fingerprint density at radius 3 is 2.85 bits per heavy atom. The Hall–Kier alpha value is -2.48. The van der Waals surface area contributed by atoms with Crippen LogP contribution in [0.3, 0.4) is 0 Å². The number of aliphatic carboxylic acids is 1. The second-order valence-corrected chi connectivity index (χ2v) is 4.85. The molecule has 0 aromatic carbocycles. The number of aromatic nitrogens is 2. The fraction of sp³-hybridized carbons (Fsp3) is 0.333. The number of imidazole rings is 1. The van der Waals surface area contributed by atoms with E-state index >= 15 is 0 Å². The standard InChI is InChI=1S/C12H14N4O4/c1-12(2,11(17)18)13-7-8-10(16(19)20)15-6-4-3-5-9(15)14-8/h3-6,13H,7H2,1-2H3,(H,17,18). The third-order valence-corrected chi connectivity index (χ3v) is 2.98. The van der Waals surface area contributed by atoms with Crippen molar-refractivity contribution >= 4 is 17.4 Å². The zero-order chi connectivity index (χ0) is 14.9. The maximum Gasteiger partial charge on any atom is 0.352 e. The van der Waals surface area contributed by atoms with Gasteiger partial charge < -0.3 is 15.2 Å². The first-order valence-corrected chi connectivity index (χ1v) is 5.91. The highest BCUT2D eigenvalue weighted by Crippen LogP contribution is 2.21. The van der Waals surface area contributed by atoms with Crippen LogP contribution in [0, 0.1) is 10.1 Å². The van der Waals surface area contributed by atoms with Gasteiger partial charge in [-0.25, -0.2) is 4.98 Å². The molecule has 0 aliphatic rings. The minimum absolute atomic E-state index is 0.00269. The normalized spacial score (nSPS) is 11.7. The van der Waals surface area contributed by atoms with Crippen molar-refractivity contribution in [3.8, 4) is 0 Å². The Labute approximate surface area is 114 Å². The largest absolute Gasteiger partial charge is 0.480 e. The summed E-state index contributed by atoms with van der Waals surface area (Å²) in [7, 11) is 0. The molecule has 0 atom stereocenters. The summed E-state index contributed by atoms with van der Waals surface area (Å²) in [5.41, 5.74) is -0.538. The highest BCUT2D eigenvalue weighted by molar-refractivity contribution is 5.77. The van der Waals surface area contributed by atoms with Crippen molar-refractivity contribution in [1.82, 2.24) is 14.7 Å². The van der Waals surface area contributed by atoms with Crippen LogP contribution in [0.25, 0.3) is 5.65 Å². The van der Waals surface area contributed by atoms with Gasteiger partial charge >= 0.3 is 11.8 Å². The SMILES string of the molecule is CC(C)(NCc1nc2ccccn2c1[N+](=O)[O-])C(=O)O. The number of rotatable bonds is 5. The highest BCUT2D eigenvalue weighted by atomic mass is 16.6. The Morgan fingerprint density at radius 2 is 2.25 bits per heavy atom. The fourth-order valence-corrected chi connectivity index (χ4v) is 1.72. The Bertz CT molecular complexity index is 677. The summed E-state index contributed by atoms with van der Waals surface area (Å²) in [5.74, 6) is -1.20. The summed E-state index contributed by atoms with van der Waals surface area (Å²) in [6, 6.07) is 5.05. The third kappa shape index (κ3) is 2.45. The third-order valence-electron chi connectivity index (χ3n) is 2.98. The number of nitrogens with one attached hydrogen (secondary N) is 1. The first kappa shape index (κ1) is 13.9. The summed E-state index contributed by atoms with van der Waals surface area (Å²) in [4.78, 5) is 25.8. The highest BCUT2D eigenvalue weighted by Gasteiger charge is 2.29. The number of carbonyl (C=O) groups is 1. The van der Waals surface area contributed by atoms with Crippen molar-refractivity contribution < 1.29 is 14.8 Å². The van der Waals surface area contributed by atoms with Gasteiger partial charge in [0.15, 0.2) is 5.69 Å². The molecule has 2 N–H and O–H groups in total.